The minimum Gasteiger partial charge on any atom is -0.352 e. The normalized spacial score (nSPS) is 29.2. The first kappa shape index (κ1) is 13.1. The van der Waals surface area contributed by atoms with Gasteiger partial charge in [0.05, 0.1) is 0 Å². The Morgan fingerprint density at radius 3 is 2.74 bits per heavy atom. The van der Waals surface area contributed by atoms with Crippen LogP contribution < -0.4 is 10.6 Å². The Morgan fingerprint density at radius 1 is 1.32 bits per heavy atom. The molecule has 0 saturated carbocycles. The molecule has 102 valence electrons. The van der Waals surface area contributed by atoms with Crippen LogP contribution in [0.5, 0.6) is 0 Å². The monoisotopic (exact) mass is 322 g/mol. The van der Waals surface area contributed by atoms with Gasteiger partial charge in [-0.05, 0) is 49.8 Å². The van der Waals surface area contributed by atoms with Crippen molar-refractivity contribution in [2.75, 3.05) is 6.54 Å². The molecule has 2 bridgehead atoms. The van der Waals surface area contributed by atoms with Crippen LogP contribution in [0.1, 0.15) is 36.0 Å². The average molecular weight is 323 g/mol. The highest BCUT2D eigenvalue weighted by Crippen LogP contribution is 2.30. The number of nitrogens with one attached hydrogen (secondary N) is 2. The Labute approximate surface area is 122 Å². The summed E-state index contributed by atoms with van der Waals surface area (Å²) >= 11 is 3.39. The second kappa shape index (κ2) is 5.63. The molecule has 1 aromatic rings. The summed E-state index contributed by atoms with van der Waals surface area (Å²) in [5.41, 5.74) is 0.728. The lowest BCUT2D eigenvalue weighted by Crippen LogP contribution is -2.42. The fraction of sp³-hybridized carbons (Fsp3) is 0.533. The molecule has 0 aliphatic carbocycles. The van der Waals surface area contributed by atoms with Crippen LogP contribution in [-0.4, -0.2) is 24.5 Å². The van der Waals surface area contributed by atoms with E-state index in [9.17, 15) is 4.79 Å². The molecule has 19 heavy (non-hydrogen) atoms. The van der Waals surface area contributed by atoms with E-state index in [0.717, 1.165) is 16.6 Å². The molecule has 2 saturated heterocycles. The van der Waals surface area contributed by atoms with E-state index in [1.807, 2.05) is 24.3 Å². The summed E-state index contributed by atoms with van der Waals surface area (Å²) in [6, 6.07) is 8.91. The highest BCUT2D eigenvalue weighted by molar-refractivity contribution is 9.10. The SMILES string of the molecule is O=C(NCC1CC2CCC(C1)N2)c1cccc(Br)c1. The Bertz CT molecular complexity index is 465. The lowest BCUT2D eigenvalue weighted by Gasteiger charge is -2.29. The van der Waals surface area contributed by atoms with Gasteiger partial charge < -0.3 is 10.6 Å². The van der Waals surface area contributed by atoms with Gasteiger partial charge in [-0.2, -0.15) is 0 Å². The third-order valence-corrected chi connectivity index (χ3v) is 4.70. The Kier molecular flexibility index (Phi) is 3.89. The van der Waals surface area contributed by atoms with Crippen molar-refractivity contribution < 1.29 is 4.79 Å². The largest absolute Gasteiger partial charge is 0.352 e. The molecule has 0 aromatic heterocycles. The standard InChI is InChI=1S/C15H19BrN2O/c16-12-3-1-2-11(8-12)15(19)17-9-10-6-13-4-5-14(7-10)18-13/h1-3,8,10,13-14,18H,4-7,9H2,(H,17,19). The summed E-state index contributed by atoms with van der Waals surface area (Å²) in [7, 11) is 0. The van der Waals surface area contributed by atoms with E-state index >= 15 is 0 Å². The lowest BCUT2D eigenvalue weighted by molar-refractivity contribution is 0.0941. The highest BCUT2D eigenvalue weighted by Gasteiger charge is 2.33. The number of rotatable bonds is 3. The Balaban J connectivity index is 1.53. The molecule has 2 unspecified atom stereocenters. The Hall–Kier alpha value is -0.870. The van der Waals surface area contributed by atoms with Crippen molar-refractivity contribution >= 4 is 21.8 Å². The molecule has 4 heteroatoms. The summed E-state index contributed by atoms with van der Waals surface area (Å²) in [6.45, 7) is 0.806. The number of hydrogen-bond donors (Lipinski definition) is 2. The number of piperidine rings is 1. The average Bonchev–Trinajstić information content (AvgIpc) is 2.75. The van der Waals surface area contributed by atoms with Gasteiger partial charge in [-0.25, -0.2) is 0 Å². The van der Waals surface area contributed by atoms with Crippen molar-refractivity contribution in [3.63, 3.8) is 0 Å². The summed E-state index contributed by atoms with van der Waals surface area (Å²) in [5.74, 6) is 0.669. The molecule has 3 rings (SSSR count). The molecule has 1 aromatic carbocycles. The highest BCUT2D eigenvalue weighted by atomic mass is 79.9. The second-order valence-electron chi connectivity index (χ2n) is 5.70. The fourth-order valence-electron chi connectivity index (χ4n) is 3.31. The van der Waals surface area contributed by atoms with Gasteiger partial charge in [0.2, 0.25) is 0 Å². The van der Waals surface area contributed by atoms with Gasteiger partial charge in [0.15, 0.2) is 0 Å². The van der Waals surface area contributed by atoms with Crippen LogP contribution in [0.3, 0.4) is 0 Å². The van der Waals surface area contributed by atoms with E-state index in [2.05, 4.69) is 26.6 Å². The predicted molar refractivity (Wildman–Crippen MR) is 79.1 cm³/mol. The van der Waals surface area contributed by atoms with Gasteiger partial charge >= 0.3 is 0 Å². The summed E-state index contributed by atoms with van der Waals surface area (Å²) in [5, 5.41) is 6.71. The number of hydrogen-bond acceptors (Lipinski definition) is 2. The second-order valence-corrected chi connectivity index (χ2v) is 6.61. The number of fused-ring (bicyclic) bond motifs is 2. The van der Waals surface area contributed by atoms with Crippen LogP contribution in [0.4, 0.5) is 0 Å². The maximum absolute atomic E-state index is 12.1. The zero-order valence-corrected chi connectivity index (χ0v) is 12.4. The van der Waals surface area contributed by atoms with Crippen LogP contribution in [0, 0.1) is 5.92 Å². The van der Waals surface area contributed by atoms with E-state index in [4.69, 9.17) is 0 Å². The van der Waals surface area contributed by atoms with Crippen molar-refractivity contribution in [2.45, 2.75) is 37.8 Å². The van der Waals surface area contributed by atoms with Gasteiger partial charge in [-0.1, -0.05) is 22.0 Å². The predicted octanol–water partition coefficient (Wildman–Crippen LogP) is 2.71. The van der Waals surface area contributed by atoms with Gasteiger partial charge in [0.25, 0.3) is 5.91 Å². The van der Waals surface area contributed by atoms with Gasteiger partial charge in [-0.15, -0.1) is 0 Å². The molecule has 2 N–H and O–H groups in total. The van der Waals surface area contributed by atoms with Crippen molar-refractivity contribution in [2.24, 2.45) is 5.92 Å². The molecular weight excluding hydrogens is 304 g/mol. The van der Waals surface area contributed by atoms with Crippen molar-refractivity contribution in [1.82, 2.24) is 10.6 Å². The van der Waals surface area contributed by atoms with Gasteiger partial charge in [-0.3, -0.25) is 4.79 Å². The molecule has 1 amide bonds. The minimum absolute atomic E-state index is 0.0344. The molecule has 2 atom stereocenters. The summed E-state index contributed by atoms with van der Waals surface area (Å²) in [4.78, 5) is 12.1. The van der Waals surface area contributed by atoms with E-state index < -0.39 is 0 Å². The van der Waals surface area contributed by atoms with E-state index in [-0.39, 0.29) is 5.91 Å². The smallest absolute Gasteiger partial charge is 0.251 e. The zero-order valence-electron chi connectivity index (χ0n) is 10.9. The number of carbonyl (C=O) groups is 1. The number of amides is 1. The molecule has 2 heterocycles. The fourth-order valence-corrected chi connectivity index (χ4v) is 3.71. The van der Waals surface area contributed by atoms with Gasteiger partial charge in [0.1, 0.15) is 0 Å². The molecule has 2 aliphatic heterocycles. The van der Waals surface area contributed by atoms with Crippen LogP contribution in [0.2, 0.25) is 0 Å². The first-order valence-corrected chi connectivity index (χ1v) is 7.80. The Morgan fingerprint density at radius 2 is 2.05 bits per heavy atom. The molecule has 2 fully saturated rings. The van der Waals surface area contributed by atoms with E-state index in [0.29, 0.717) is 18.0 Å². The first-order chi connectivity index (χ1) is 9.20. The van der Waals surface area contributed by atoms with Gasteiger partial charge in [0, 0.05) is 28.7 Å². The van der Waals surface area contributed by atoms with E-state index in [1.54, 1.807) is 0 Å². The third-order valence-electron chi connectivity index (χ3n) is 4.21. The number of carbonyl (C=O) groups excluding carboxylic acids is 1. The van der Waals surface area contributed by atoms with Crippen molar-refractivity contribution in [1.29, 1.82) is 0 Å². The van der Waals surface area contributed by atoms with Crippen molar-refractivity contribution in [3.05, 3.63) is 34.3 Å². The topological polar surface area (TPSA) is 41.1 Å². The van der Waals surface area contributed by atoms with E-state index in [1.165, 1.54) is 25.7 Å². The number of halogens is 1. The van der Waals surface area contributed by atoms with Crippen molar-refractivity contribution in [3.8, 4) is 0 Å². The van der Waals surface area contributed by atoms with Crippen LogP contribution in [-0.2, 0) is 0 Å². The molecule has 0 radical (unpaired) electrons. The van der Waals surface area contributed by atoms with Crippen LogP contribution >= 0.6 is 15.9 Å². The maximum Gasteiger partial charge on any atom is 0.251 e. The molecule has 3 nitrogen and oxygen atoms in total. The molecule has 2 aliphatic rings. The molecular formula is C15H19BrN2O. The van der Waals surface area contributed by atoms with Crippen LogP contribution in [0.25, 0.3) is 0 Å². The lowest BCUT2D eigenvalue weighted by atomic mass is 9.92. The third kappa shape index (κ3) is 3.18. The summed E-state index contributed by atoms with van der Waals surface area (Å²) in [6.07, 6.45) is 5.02. The van der Waals surface area contributed by atoms with Crippen LogP contribution in [0.15, 0.2) is 28.7 Å². The maximum atomic E-state index is 12.1. The quantitative estimate of drug-likeness (QED) is 0.898. The number of benzene rings is 1. The zero-order chi connectivity index (χ0) is 13.2. The first-order valence-electron chi connectivity index (χ1n) is 7.00. The molecule has 0 spiro atoms. The summed E-state index contributed by atoms with van der Waals surface area (Å²) < 4.78 is 0.945. The minimum atomic E-state index is 0.0344.